The van der Waals surface area contributed by atoms with Crippen molar-refractivity contribution in [1.29, 1.82) is 0 Å². The molecule has 0 saturated heterocycles. The van der Waals surface area contributed by atoms with Crippen molar-refractivity contribution >= 4 is 11.9 Å². The molecule has 110 valence electrons. The molecule has 0 aromatic carbocycles. The van der Waals surface area contributed by atoms with Crippen LogP contribution in [0.5, 0.6) is 0 Å². The minimum Gasteiger partial charge on any atom is -0.481 e. The van der Waals surface area contributed by atoms with Crippen LogP contribution in [0.1, 0.15) is 48.9 Å². The zero-order valence-corrected chi connectivity index (χ0v) is 11.4. The highest BCUT2D eigenvalue weighted by Crippen LogP contribution is 2.05. The van der Waals surface area contributed by atoms with Crippen molar-refractivity contribution in [3.8, 4) is 0 Å². The van der Waals surface area contributed by atoms with E-state index in [0.717, 1.165) is 25.7 Å². The number of carbonyl (C=O) groups is 2. The Labute approximate surface area is 117 Å². The van der Waals surface area contributed by atoms with Gasteiger partial charge in [0.15, 0.2) is 0 Å². The van der Waals surface area contributed by atoms with Gasteiger partial charge in [-0.1, -0.05) is 19.3 Å². The minimum absolute atomic E-state index is 0.202. The summed E-state index contributed by atoms with van der Waals surface area (Å²) in [4.78, 5) is 35.3. The van der Waals surface area contributed by atoms with Gasteiger partial charge >= 0.3 is 5.97 Å². The van der Waals surface area contributed by atoms with Gasteiger partial charge in [0.25, 0.3) is 5.91 Å². The van der Waals surface area contributed by atoms with Crippen molar-refractivity contribution in [3.63, 3.8) is 0 Å². The summed E-state index contributed by atoms with van der Waals surface area (Å²) in [5.74, 6) is -0.953. The van der Waals surface area contributed by atoms with E-state index in [1.807, 2.05) is 0 Å². The van der Waals surface area contributed by atoms with E-state index in [0.29, 0.717) is 18.5 Å². The van der Waals surface area contributed by atoms with Crippen molar-refractivity contribution in [1.82, 2.24) is 10.3 Å². The summed E-state index contributed by atoms with van der Waals surface area (Å²) in [6.45, 7) is 0.580. The molecule has 0 aliphatic rings. The van der Waals surface area contributed by atoms with Gasteiger partial charge in [-0.2, -0.15) is 0 Å². The Hall–Kier alpha value is -2.11. The van der Waals surface area contributed by atoms with Gasteiger partial charge in [0.2, 0.25) is 5.56 Å². The van der Waals surface area contributed by atoms with Crippen LogP contribution in [-0.4, -0.2) is 28.5 Å². The van der Waals surface area contributed by atoms with E-state index in [2.05, 4.69) is 10.3 Å². The predicted octanol–water partition coefficient (Wildman–Crippen LogP) is 1.53. The molecular formula is C14H20N2O4. The SMILES string of the molecule is O=C(O)CCCCCCCNC(=O)c1ccc(=O)[nH]c1. The summed E-state index contributed by atoms with van der Waals surface area (Å²) in [5, 5.41) is 11.2. The first-order valence-electron chi connectivity index (χ1n) is 6.78. The first-order chi connectivity index (χ1) is 9.59. The molecule has 0 unspecified atom stereocenters. The lowest BCUT2D eigenvalue weighted by molar-refractivity contribution is -0.137. The molecule has 0 aliphatic carbocycles. The van der Waals surface area contributed by atoms with Crippen LogP contribution in [0, 0.1) is 0 Å². The summed E-state index contributed by atoms with van der Waals surface area (Å²) >= 11 is 0. The minimum atomic E-state index is -0.752. The third kappa shape index (κ3) is 6.72. The number of carboxylic acids is 1. The lowest BCUT2D eigenvalue weighted by Gasteiger charge is -2.04. The summed E-state index contributed by atoms with van der Waals surface area (Å²) < 4.78 is 0. The van der Waals surface area contributed by atoms with E-state index in [-0.39, 0.29) is 17.9 Å². The molecule has 6 nitrogen and oxygen atoms in total. The highest BCUT2D eigenvalue weighted by Gasteiger charge is 2.03. The van der Waals surface area contributed by atoms with Crippen LogP contribution in [-0.2, 0) is 4.79 Å². The fourth-order valence-corrected chi connectivity index (χ4v) is 1.79. The molecule has 20 heavy (non-hydrogen) atoms. The third-order valence-electron chi connectivity index (χ3n) is 2.90. The average Bonchev–Trinajstić information content (AvgIpc) is 2.42. The van der Waals surface area contributed by atoms with Crippen molar-refractivity contribution < 1.29 is 14.7 Å². The van der Waals surface area contributed by atoms with Crippen molar-refractivity contribution in [3.05, 3.63) is 34.2 Å². The van der Waals surface area contributed by atoms with Crippen LogP contribution in [0.3, 0.4) is 0 Å². The molecule has 1 amide bonds. The molecule has 0 radical (unpaired) electrons. The molecule has 0 aliphatic heterocycles. The molecule has 0 bridgehead atoms. The summed E-state index contributed by atoms with van der Waals surface area (Å²) in [6, 6.07) is 2.80. The normalized spacial score (nSPS) is 10.2. The zero-order chi connectivity index (χ0) is 14.8. The van der Waals surface area contributed by atoms with Crippen molar-refractivity contribution in [2.45, 2.75) is 38.5 Å². The summed E-state index contributed by atoms with van der Waals surface area (Å²) in [5.41, 5.74) is 0.203. The fraction of sp³-hybridized carbons (Fsp3) is 0.500. The maximum atomic E-state index is 11.7. The number of H-pyrrole nitrogens is 1. The third-order valence-corrected chi connectivity index (χ3v) is 2.90. The Bertz CT molecular complexity index is 476. The molecular weight excluding hydrogens is 260 g/mol. The quantitative estimate of drug-likeness (QED) is 0.597. The largest absolute Gasteiger partial charge is 0.481 e. The molecule has 1 heterocycles. The van der Waals surface area contributed by atoms with Gasteiger partial charge in [-0.25, -0.2) is 0 Å². The number of carboxylic acid groups (broad SMARTS) is 1. The number of pyridine rings is 1. The lowest BCUT2D eigenvalue weighted by atomic mass is 10.1. The number of nitrogens with one attached hydrogen (secondary N) is 2. The van der Waals surface area contributed by atoms with Gasteiger partial charge in [0.05, 0.1) is 5.56 Å². The van der Waals surface area contributed by atoms with E-state index in [9.17, 15) is 14.4 Å². The molecule has 1 rings (SSSR count). The molecule has 3 N–H and O–H groups in total. The molecule has 1 aromatic heterocycles. The van der Waals surface area contributed by atoms with Crippen LogP contribution in [0.15, 0.2) is 23.1 Å². The van der Waals surface area contributed by atoms with Crippen LogP contribution in [0.2, 0.25) is 0 Å². The number of carbonyl (C=O) groups excluding carboxylic acids is 1. The summed E-state index contributed by atoms with van der Waals surface area (Å²) in [7, 11) is 0. The van der Waals surface area contributed by atoms with Crippen LogP contribution in [0.4, 0.5) is 0 Å². The van der Waals surface area contributed by atoms with E-state index in [1.165, 1.54) is 18.3 Å². The van der Waals surface area contributed by atoms with Crippen LogP contribution >= 0.6 is 0 Å². The fourth-order valence-electron chi connectivity index (χ4n) is 1.79. The molecule has 0 spiro atoms. The Balaban J connectivity index is 2.06. The van der Waals surface area contributed by atoms with Crippen LogP contribution in [0.25, 0.3) is 0 Å². The first-order valence-corrected chi connectivity index (χ1v) is 6.78. The molecule has 0 atom stereocenters. The second-order valence-corrected chi connectivity index (χ2v) is 4.61. The number of rotatable bonds is 9. The Morgan fingerprint density at radius 2 is 1.80 bits per heavy atom. The second-order valence-electron chi connectivity index (χ2n) is 4.61. The van der Waals surface area contributed by atoms with Gasteiger partial charge in [-0.3, -0.25) is 14.4 Å². The van der Waals surface area contributed by atoms with Gasteiger partial charge in [-0.05, 0) is 18.9 Å². The summed E-state index contributed by atoms with van der Waals surface area (Å²) in [6.07, 6.45) is 6.03. The van der Waals surface area contributed by atoms with E-state index >= 15 is 0 Å². The van der Waals surface area contributed by atoms with Gasteiger partial charge < -0.3 is 15.4 Å². The number of aromatic nitrogens is 1. The van der Waals surface area contributed by atoms with Gasteiger partial charge in [0, 0.05) is 25.2 Å². The van der Waals surface area contributed by atoms with E-state index < -0.39 is 5.97 Å². The number of hydrogen-bond donors (Lipinski definition) is 3. The number of hydrogen-bond acceptors (Lipinski definition) is 3. The number of aromatic amines is 1. The Kier molecular flexibility index (Phi) is 7.10. The predicted molar refractivity (Wildman–Crippen MR) is 74.7 cm³/mol. The van der Waals surface area contributed by atoms with Gasteiger partial charge in [-0.15, -0.1) is 0 Å². The molecule has 0 saturated carbocycles. The maximum absolute atomic E-state index is 11.7. The Morgan fingerprint density at radius 3 is 2.45 bits per heavy atom. The molecule has 6 heteroatoms. The highest BCUT2D eigenvalue weighted by molar-refractivity contribution is 5.93. The molecule has 1 aromatic rings. The highest BCUT2D eigenvalue weighted by atomic mass is 16.4. The number of amides is 1. The standard InChI is InChI=1S/C14H20N2O4/c17-12-8-7-11(10-16-12)14(20)15-9-5-3-1-2-4-6-13(18)19/h7-8,10H,1-6,9H2,(H,15,20)(H,16,17)(H,18,19). The van der Waals surface area contributed by atoms with Crippen molar-refractivity contribution in [2.24, 2.45) is 0 Å². The van der Waals surface area contributed by atoms with Gasteiger partial charge in [0.1, 0.15) is 0 Å². The zero-order valence-electron chi connectivity index (χ0n) is 11.4. The first kappa shape index (κ1) is 15.9. The number of unbranched alkanes of at least 4 members (excludes halogenated alkanes) is 4. The van der Waals surface area contributed by atoms with E-state index in [1.54, 1.807) is 0 Å². The maximum Gasteiger partial charge on any atom is 0.303 e. The second kappa shape index (κ2) is 8.90. The lowest BCUT2D eigenvalue weighted by Crippen LogP contribution is -2.25. The number of aliphatic carboxylic acids is 1. The monoisotopic (exact) mass is 280 g/mol. The van der Waals surface area contributed by atoms with Crippen molar-refractivity contribution in [2.75, 3.05) is 6.54 Å². The topological polar surface area (TPSA) is 99.3 Å². The van der Waals surface area contributed by atoms with Crippen LogP contribution < -0.4 is 10.9 Å². The molecule has 0 fully saturated rings. The van der Waals surface area contributed by atoms with E-state index in [4.69, 9.17) is 5.11 Å². The average molecular weight is 280 g/mol. The smallest absolute Gasteiger partial charge is 0.303 e. The Morgan fingerprint density at radius 1 is 1.10 bits per heavy atom.